The number of likely N-dealkylation sites (tertiary alicyclic amines) is 1. The average molecular weight is 477 g/mol. The fourth-order valence-electron chi connectivity index (χ4n) is 4.46. The number of hydrogen-bond acceptors (Lipinski definition) is 7. The van der Waals surface area contributed by atoms with Crippen LogP contribution >= 0.6 is 11.6 Å². The zero-order chi connectivity index (χ0) is 22.5. The average Bonchev–Trinajstić information content (AvgIpc) is 2.97. The van der Waals surface area contributed by atoms with Crippen molar-refractivity contribution in [1.82, 2.24) is 9.88 Å². The summed E-state index contributed by atoms with van der Waals surface area (Å²) in [4.78, 5) is 18.4. The van der Waals surface area contributed by atoms with E-state index in [-0.39, 0.29) is 17.7 Å². The number of hydrogen-bond donors (Lipinski definition) is 0. The molecule has 3 aliphatic rings. The van der Waals surface area contributed by atoms with Crippen LogP contribution in [0.1, 0.15) is 42.1 Å². The van der Waals surface area contributed by atoms with E-state index >= 15 is 0 Å². The van der Waals surface area contributed by atoms with E-state index in [1.54, 1.807) is 17.9 Å². The van der Waals surface area contributed by atoms with Crippen LogP contribution in [0.2, 0.25) is 5.02 Å². The van der Waals surface area contributed by atoms with Gasteiger partial charge in [0.25, 0.3) is 5.88 Å². The summed E-state index contributed by atoms with van der Waals surface area (Å²) in [5, 5.41) is 0.657. The van der Waals surface area contributed by atoms with E-state index in [0.29, 0.717) is 49.7 Å². The molecule has 8 nitrogen and oxygen atoms in total. The van der Waals surface area contributed by atoms with Gasteiger partial charge in [0.2, 0.25) is 5.75 Å². The highest BCUT2D eigenvalue weighted by Crippen LogP contribution is 2.43. The second kappa shape index (κ2) is 7.97. The Bertz CT molecular complexity index is 1250. The van der Waals surface area contributed by atoms with Crippen molar-refractivity contribution in [3.8, 4) is 11.6 Å². The molecule has 1 saturated heterocycles. The Morgan fingerprint density at radius 2 is 1.88 bits per heavy atom. The van der Waals surface area contributed by atoms with Gasteiger partial charge in [-0.1, -0.05) is 23.2 Å². The normalized spacial score (nSPS) is 18.6. The first-order chi connectivity index (χ1) is 15.3. The Balaban J connectivity index is 1.62. The maximum Gasteiger partial charge on any atom is 0.502 e. The van der Waals surface area contributed by atoms with Gasteiger partial charge in [0.1, 0.15) is 0 Å². The fraction of sp³-hybridized carbons (Fsp3) is 0.364. The van der Waals surface area contributed by atoms with Crippen molar-refractivity contribution in [2.75, 3.05) is 19.7 Å². The number of rotatable bonds is 1. The molecule has 10 heteroatoms. The molecule has 5 rings (SSSR count). The summed E-state index contributed by atoms with van der Waals surface area (Å²) in [6, 6.07) is 7.49. The van der Waals surface area contributed by atoms with Gasteiger partial charge in [-0.2, -0.15) is 0 Å². The highest BCUT2D eigenvalue weighted by molar-refractivity contribution is 7.82. The van der Waals surface area contributed by atoms with Crippen LogP contribution in [-0.4, -0.2) is 44.1 Å². The van der Waals surface area contributed by atoms with Gasteiger partial charge in [0.15, 0.2) is 0 Å². The van der Waals surface area contributed by atoms with Crippen molar-refractivity contribution in [3.63, 3.8) is 0 Å². The molecular weight excluding hydrogens is 456 g/mol. The number of carbonyl (C=O) groups is 1. The summed E-state index contributed by atoms with van der Waals surface area (Å²) >= 11 is 6.28. The number of aromatic nitrogens is 1. The summed E-state index contributed by atoms with van der Waals surface area (Å²) in [6.45, 7) is 3.20. The molecule has 1 aromatic heterocycles. The third-order valence-corrected chi connectivity index (χ3v) is 6.87. The second-order valence-corrected chi connectivity index (χ2v) is 9.43. The van der Waals surface area contributed by atoms with Crippen LogP contribution in [0.25, 0.3) is 5.57 Å². The minimum atomic E-state index is -4.13. The van der Waals surface area contributed by atoms with Gasteiger partial charge in [-0.25, -0.2) is 9.78 Å². The smallest absolute Gasteiger partial charge is 0.450 e. The molecule has 2 aromatic rings. The van der Waals surface area contributed by atoms with E-state index in [1.807, 2.05) is 18.2 Å². The Labute approximate surface area is 191 Å². The third kappa shape index (κ3) is 3.80. The molecule has 0 N–H and O–H groups in total. The topological polar surface area (TPSA) is 95.0 Å². The Morgan fingerprint density at radius 1 is 1.12 bits per heavy atom. The minimum Gasteiger partial charge on any atom is -0.450 e. The predicted octanol–water partition coefficient (Wildman–Crippen LogP) is 3.90. The lowest BCUT2D eigenvalue weighted by Crippen LogP contribution is -2.37. The number of piperidine rings is 1. The van der Waals surface area contributed by atoms with Gasteiger partial charge in [0, 0.05) is 23.7 Å². The molecule has 1 fully saturated rings. The Hall–Kier alpha value is -2.78. The molecule has 0 atom stereocenters. The molecule has 1 aliphatic carbocycles. The van der Waals surface area contributed by atoms with Crippen LogP contribution in [-0.2, 0) is 28.0 Å². The summed E-state index contributed by atoms with van der Waals surface area (Å²) < 4.78 is 38.6. The van der Waals surface area contributed by atoms with Crippen molar-refractivity contribution in [1.29, 1.82) is 0 Å². The molecule has 2 aliphatic heterocycles. The van der Waals surface area contributed by atoms with Gasteiger partial charge in [0.05, 0.1) is 12.3 Å². The molecule has 1 aromatic carbocycles. The molecule has 32 heavy (non-hydrogen) atoms. The summed E-state index contributed by atoms with van der Waals surface area (Å²) in [7, 11) is -4.13. The maximum atomic E-state index is 12.1. The van der Waals surface area contributed by atoms with Crippen LogP contribution in [0.5, 0.6) is 11.6 Å². The summed E-state index contributed by atoms with van der Waals surface area (Å²) in [6.07, 6.45) is 2.38. The number of ether oxygens (including phenoxy) is 1. The lowest BCUT2D eigenvalue weighted by atomic mass is 9.88. The number of fused-ring (bicyclic) bond motifs is 3. The van der Waals surface area contributed by atoms with Gasteiger partial charge >= 0.3 is 16.5 Å². The number of halogens is 1. The Morgan fingerprint density at radius 3 is 2.62 bits per heavy atom. The molecule has 0 saturated carbocycles. The van der Waals surface area contributed by atoms with Crippen molar-refractivity contribution in [3.05, 3.63) is 57.2 Å². The molecule has 3 heterocycles. The monoisotopic (exact) mass is 476 g/mol. The summed E-state index contributed by atoms with van der Waals surface area (Å²) in [5.41, 5.74) is 5.77. The highest BCUT2D eigenvalue weighted by atomic mass is 35.5. The van der Waals surface area contributed by atoms with Crippen molar-refractivity contribution in [2.45, 2.75) is 32.6 Å². The van der Waals surface area contributed by atoms with Crippen molar-refractivity contribution in [2.24, 2.45) is 0 Å². The quantitative estimate of drug-likeness (QED) is 0.615. The highest BCUT2D eigenvalue weighted by Gasteiger charge is 2.34. The van der Waals surface area contributed by atoms with Crippen LogP contribution in [0.4, 0.5) is 4.79 Å². The van der Waals surface area contributed by atoms with Crippen LogP contribution < -0.4 is 8.37 Å². The molecule has 0 unspecified atom stereocenters. The lowest BCUT2D eigenvalue weighted by molar-refractivity contribution is 0.104. The number of pyridine rings is 1. The van der Waals surface area contributed by atoms with Gasteiger partial charge < -0.3 is 18.0 Å². The maximum absolute atomic E-state index is 12.1. The molecule has 168 valence electrons. The van der Waals surface area contributed by atoms with Crippen LogP contribution in [0.3, 0.4) is 0 Å². The SMILES string of the molecule is CCOC(=O)N1CCC(=C2c3ccc(Cl)cc3CCc3cc4c(nc32)OS(=O)(=O)O4)CC1. The first kappa shape index (κ1) is 21.1. The molecule has 0 bridgehead atoms. The van der Waals surface area contributed by atoms with E-state index in [2.05, 4.69) is 4.98 Å². The van der Waals surface area contributed by atoms with Gasteiger partial charge in [-0.05, 0) is 67.5 Å². The first-order valence-corrected chi connectivity index (χ1v) is 12.2. The number of carbonyl (C=O) groups excluding carboxylic acids is 1. The van der Waals surface area contributed by atoms with E-state index in [9.17, 15) is 13.2 Å². The largest absolute Gasteiger partial charge is 0.502 e. The van der Waals surface area contributed by atoms with Gasteiger partial charge in [-0.15, -0.1) is 8.42 Å². The van der Waals surface area contributed by atoms with Crippen LogP contribution in [0.15, 0.2) is 29.8 Å². The third-order valence-electron chi connectivity index (χ3n) is 5.89. The molecule has 0 radical (unpaired) electrons. The predicted molar refractivity (Wildman–Crippen MR) is 117 cm³/mol. The fourth-order valence-corrected chi connectivity index (χ4v) is 5.34. The lowest BCUT2D eigenvalue weighted by Gasteiger charge is -2.29. The number of aryl methyl sites for hydroxylation is 2. The molecular formula is C22H21ClN2O6S. The Kier molecular flexibility index (Phi) is 5.25. The van der Waals surface area contributed by atoms with E-state index < -0.39 is 10.4 Å². The minimum absolute atomic E-state index is 0.0526. The first-order valence-electron chi connectivity index (χ1n) is 10.5. The van der Waals surface area contributed by atoms with Crippen molar-refractivity contribution < 1.29 is 26.3 Å². The second-order valence-electron chi connectivity index (χ2n) is 7.84. The van der Waals surface area contributed by atoms with Crippen molar-refractivity contribution >= 4 is 33.7 Å². The molecule has 0 spiro atoms. The zero-order valence-corrected chi connectivity index (χ0v) is 19.0. The number of amides is 1. The zero-order valence-electron chi connectivity index (χ0n) is 17.4. The van der Waals surface area contributed by atoms with E-state index in [1.165, 1.54) is 0 Å². The van der Waals surface area contributed by atoms with Crippen LogP contribution in [0, 0.1) is 0 Å². The summed E-state index contributed by atoms with van der Waals surface area (Å²) in [5.74, 6) is 0.0532. The van der Waals surface area contributed by atoms with E-state index in [0.717, 1.165) is 34.3 Å². The molecule has 1 amide bonds. The van der Waals surface area contributed by atoms with Gasteiger partial charge in [-0.3, -0.25) is 0 Å². The van der Waals surface area contributed by atoms with E-state index in [4.69, 9.17) is 24.7 Å². The number of nitrogens with zero attached hydrogens (tertiary/aromatic N) is 2. The standard InChI is InChI=1S/C22H21ClN2O6S/c1-2-29-22(26)25-9-7-13(8-10-25)19-17-6-5-16(23)11-14(17)3-4-15-12-18-21(24-20(15)19)31-32(27,28)30-18/h5-6,11-12H,2-4,7-10H2,1H3. The number of benzene rings is 1.